The van der Waals surface area contributed by atoms with Gasteiger partial charge in [0, 0.05) is 13.0 Å². The SMILES string of the molecule is Cc1ccc(N2C(=O)C[C@H]([NH+]3CCCC[C@H]3CCO)C2=O)cc1. The minimum Gasteiger partial charge on any atom is -0.396 e. The van der Waals surface area contributed by atoms with Crippen LogP contribution in [0.1, 0.15) is 37.7 Å². The Hall–Kier alpha value is -1.72. The minimum atomic E-state index is -0.291. The third-order valence-corrected chi connectivity index (χ3v) is 5.16. The molecule has 124 valence electrons. The second-order valence-electron chi connectivity index (χ2n) is 6.69. The van der Waals surface area contributed by atoms with Crippen molar-refractivity contribution in [1.29, 1.82) is 0 Å². The van der Waals surface area contributed by atoms with E-state index in [4.69, 9.17) is 0 Å². The first-order chi connectivity index (χ1) is 11.1. The Morgan fingerprint density at radius 1 is 1.22 bits per heavy atom. The Balaban J connectivity index is 1.81. The predicted octanol–water partition coefficient (Wildman–Crippen LogP) is 0.447. The number of nitrogens with one attached hydrogen (secondary N) is 1. The molecule has 5 nitrogen and oxygen atoms in total. The number of aliphatic hydroxyl groups is 1. The smallest absolute Gasteiger partial charge is 0.292 e. The molecule has 2 heterocycles. The number of benzene rings is 1. The zero-order valence-corrected chi connectivity index (χ0v) is 13.6. The van der Waals surface area contributed by atoms with E-state index in [1.165, 1.54) is 9.80 Å². The quantitative estimate of drug-likeness (QED) is 0.793. The Morgan fingerprint density at radius 2 is 1.96 bits per heavy atom. The van der Waals surface area contributed by atoms with Crippen LogP contribution in [0.5, 0.6) is 0 Å². The number of quaternary nitrogens is 1. The molecule has 2 aliphatic heterocycles. The fraction of sp³-hybridized carbons (Fsp3) is 0.556. The molecule has 23 heavy (non-hydrogen) atoms. The Morgan fingerprint density at radius 3 is 2.65 bits per heavy atom. The van der Waals surface area contributed by atoms with E-state index in [0.717, 1.165) is 31.4 Å². The van der Waals surface area contributed by atoms with E-state index in [1.807, 2.05) is 31.2 Å². The minimum absolute atomic E-state index is 0.0845. The number of rotatable bonds is 4. The molecule has 3 atom stereocenters. The monoisotopic (exact) mass is 317 g/mol. The lowest BCUT2D eigenvalue weighted by Crippen LogP contribution is -3.20. The van der Waals surface area contributed by atoms with Gasteiger partial charge in [-0.05, 0) is 38.3 Å². The number of likely N-dealkylation sites (tertiary alicyclic amines) is 1. The van der Waals surface area contributed by atoms with Gasteiger partial charge in [0.1, 0.15) is 0 Å². The molecule has 2 aliphatic rings. The van der Waals surface area contributed by atoms with Crippen molar-refractivity contribution in [2.24, 2.45) is 0 Å². The van der Waals surface area contributed by atoms with Crippen LogP contribution in [0.2, 0.25) is 0 Å². The first-order valence-electron chi connectivity index (χ1n) is 8.51. The second-order valence-corrected chi connectivity index (χ2v) is 6.69. The zero-order valence-electron chi connectivity index (χ0n) is 13.6. The summed E-state index contributed by atoms with van der Waals surface area (Å²) < 4.78 is 0. The standard InChI is InChI=1S/C18H24N2O3/c1-13-5-7-15(8-6-13)20-17(22)12-16(18(20)23)19-10-3-2-4-14(19)9-11-21/h5-8,14,16,21H,2-4,9-12H2,1H3/p+1/t14-,16-/m0/s1. The van der Waals surface area contributed by atoms with Crippen molar-refractivity contribution in [2.75, 3.05) is 18.1 Å². The lowest BCUT2D eigenvalue weighted by Gasteiger charge is -2.35. The highest BCUT2D eigenvalue weighted by molar-refractivity contribution is 6.21. The van der Waals surface area contributed by atoms with Crippen molar-refractivity contribution >= 4 is 17.5 Å². The van der Waals surface area contributed by atoms with Gasteiger partial charge < -0.3 is 10.0 Å². The summed E-state index contributed by atoms with van der Waals surface area (Å²) >= 11 is 0. The number of aliphatic hydroxyl groups excluding tert-OH is 1. The second kappa shape index (κ2) is 6.81. The van der Waals surface area contributed by atoms with E-state index in [0.29, 0.717) is 12.1 Å². The molecule has 0 aliphatic carbocycles. The summed E-state index contributed by atoms with van der Waals surface area (Å²) in [5.41, 5.74) is 1.78. The molecular formula is C18H25N2O3+. The van der Waals surface area contributed by atoms with Crippen LogP contribution in [-0.2, 0) is 9.59 Å². The van der Waals surface area contributed by atoms with Crippen molar-refractivity contribution in [3.8, 4) is 0 Å². The molecule has 0 bridgehead atoms. The van der Waals surface area contributed by atoms with Crippen LogP contribution < -0.4 is 9.80 Å². The molecule has 2 N–H and O–H groups in total. The fourth-order valence-electron chi connectivity index (χ4n) is 3.94. The molecule has 0 saturated carbocycles. The van der Waals surface area contributed by atoms with Gasteiger partial charge in [0.25, 0.3) is 5.91 Å². The van der Waals surface area contributed by atoms with Crippen LogP contribution in [0, 0.1) is 6.92 Å². The lowest BCUT2D eigenvalue weighted by molar-refractivity contribution is -0.945. The van der Waals surface area contributed by atoms with Gasteiger partial charge in [0.15, 0.2) is 6.04 Å². The Labute approximate surface area is 136 Å². The molecule has 0 aromatic heterocycles. The molecule has 1 unspecified atom stereocenters. The summed E-state index contributed by atoms with van der Waals surface area (Å²) in [6.07, 6.45) is 4.24. The van der Waals surface area contributed by atoms with Crippen LogP contribution in [-0.4, -0.2) is 42.2 Å². The van der Waals surface area contributed by atoms with Gasteiger partial charge in [-0.1, -0.05) is 17.7 Å². The number of carbonyl (C=O) groups excluding carboxylic acids is 2. The summed E-state index contributed by atoms with van der Waals surface area (Å²) in [5, 5.41) is 9.28. The van der Waals surface area contributed by atoms with E-state index in [9.17, 15) is 14.7 Å². The van der Waals surface area contributed by atoms with Crippen LogP contribution in [0.15, 0.2) is 24.3 Å². The number of hydrogen-bond acceptors (Lipinski definition) is 3. The Bertz CT molecular complexity index is 582. The predicted molar refractivity (Wildman–Crippen MR) is 87.2 cm³/mol. The summed E-state index contributed by atoms with van der Waals surface area (Å²) in [5.74, 6) is -0.191. The third-order valence-electron chi connectivity index (χ3n) is 5.16. The number of hydrogen-bond donors (Lipinski definition) is 2. The molecule has 2 saturated heterocycles. The van der Waals surface area contributed by atoms with Crippen LogP contribution in [0.3, 0.4) is 0 Å². The summed E-state index contributed by atoms with van der Waals surface area (Å²) in [6, 6.07) is 7.51. The number of anilines is 1. The molecule has 2 amide bonds. The van der Waals surface area contributed by atoms with Gasteiger partial charge in [-0.3, -0.25) is 9.59 Å². The first kappa shape index (κ1) is 16.1. The number of piperidine rings is 1. The highest BCUT2D eigenvalue weighted by Gasteiger charge is 2.48. The van der Waals surface area contributed by atoms with Crippen molar-refractivity contribution in [3.63, 3.8) is 0 Å². The molecule has 5 heteroatoms. The molecule has 2 fully saturated rings. The van der Waals surface area contributed by atoms with Crippen LogP contribution >= 0.6 is 0 Å². The number of amides is 2. The average molecular weight is 317 g/mol. The van der Waals surface area contributed by atoms with Crippen molar-refractivity contribution in [1.82, 2.24) is 0 Å². The van der Waals surface area contributed by atoms with E-state index < -0.39 is 0 Å². The van der Waals surface area contributed by atoms with Gasteiger partial charge in [-0.25, -0.2) is 4.90 Å². The summed E-state index contributed by atoms with van der Waals surface area (Å²) in [4.78, 5) is 27.8. The molecular weight excluding hydrogens is 292 g/mol. The van der Waals surface area contributed by atoms with Crippen LogP contribution in [0.25, 0.3) is 0 Å². The van der Waals surface area contributed by atoms with E-state index in [2.05, 4.69) is 0 Å². The van der Waals surface area contributed by atoms with Gasteiger partial charge in [0.05, 0.1) is 24.7 Å². The van der Waals surface area contributed by atoms with E-state index in [-0.39, 0.29) is 36.9 Å². The molecule has 1 aromatic rings. The normalized spacial score (nSPS) is 28.4. The molecule has 1 aromatic carbocycles. The maximum absolute atomic E-state index is 12.9. The molecule has 3 rings (SSSR count). The van der Waals surface area contributed by atoms with Gasteiger partial charge >= 0.3 is 0 Å². The highest BCUT2D eigenvalue weighted by atomic mass is 16.3. The number of carbonyl (C=O) groups is 2. The largest absolute Gasteiger partial charge is 0.396 e. The van der Waals surface area contributed by atoms with Gasteiger partial charge in [-0.2, -0.15) is 0 Å². The lowest BCUT2D eigenvalue weighted by atomic mass is 9.97. The third kappa shape index (κ3) is 3.16. The summed E-state index contributed by atoms with van der Waals surface area (Å²) in [6.45, 7) is 3.04. The maximum atomic E-state index is 12.9. The van der Waals surface area contributed by atoms with Crippen molar-refractivity contribution in [2.45, 2.75) is 51.1 Å². The first-order valence-corrected chi connectivity index (χ1v) is 8.51. The van der Waals surface area contributed by atoms with Crippen molar-refractivity contribution < 1.29 is 19.6 Å². The van der Waals surface area contributed by atoms with Gasteiger partial charge in [-0.15, -0.1) is 0 Å². The zero-order chi connectivity index (χ0) is 16.4. The average Bonchev–Trinajstić information content (AvgIpc) is 2.84. The topological polar surface area (TPSA) is 62.1 Å². The maximum Gasteiger partial charge on any atom is 0.292 e. The van der Waals surface area contributed by atoms with E-state index in [1.54, 1.807) is 0 Å². The number of imide groups is 1. The number of nitrogens with zero attached hydrogens (tertiary/aromatic N) is 1. The summed E-state index contributed by atoms with van der Waals surface area (Å²) in [7, 11) is 0. The molecule has 0 spiro atoms. The highest BCUT2D eigenvalue weighted by Crippen LogP contribution is 2.23. The fourth-order valence-corrected chi connectivity index (χ4v) is 3.94. The number of aryl methyl sites for hydroxylation is 1. The van der Waals surface area contributed by atoms with Crippen LogP contribution in [0.4, 0.5) is 5.69 Å². The Kier molecular flexibility index (Phi) is 4.78. The van der Waals surface area contributed by atoms with E-state index >= 15 is 0 Å². The van der Waals surface area contributed by atoms with Crippen molar-refractivity contribution in [3.05, 3.63) is 29.8 Å². The molecule has 0 radical (unpaired) electrons. The van der Waals surface area contributed by atoms with Gasteiger partial charge in [0.2, 0.25) is 5.91 Å².